The predicted molar refractivity (Wildman–Crippen MR) is 85.3 cm³/mol. The van der Waals surface area contributed by atoms with E-state index < -0.39 is 0 Å². The van der Waals surface area contributed by atoms with Gasteiger partial charge in [0, 0.05) is 6.07 Å². The Bertz CT molecular complexity index is 774. The minimum atomic E-state index is -0.332. The van der Waals surface area contributed by atoms with Crippen molar-refractivity contribution in [3.8, 4) is 17.3 Å². The molecular weight excluding hydrogens is 310 g/mol. The Kier molecular flexibility index (Phi) is 4.96. The molecule has 0 aliphatic rings. The van der Waals surface area contributed by atoms with E-state index in [1.165, 1.54) is 0 Å². The third kappa shape index (κ3) is 4.04. The average Bonchev–Trinajstić information content (AvgIpc) is 3.26. The largest absolute Gasteiger partial charge is 0.494 e. The van der Waals surface area contributed by atoms with Gasteiger partial charge in [0.2, 0.25) is 5.76 Å². The lowest BCUT2D eigenvalue weighted by atomic mass is 10.1. The molecule has 2 heterocycles. The van der Waals surface area contributed by atoms with E-state index in [2.05, 4.69) is 5.16 Å². The van der Waals surface area contributed by atoms with E-state index in [1.807, 2.05) is 31.2 Å². The molecule has 0 spiro atoms. The quantitative estimate of drug-likeness (QED) is 0.617. The fourth-order valence-electron chi connectivity index (χ4n) is 2.16. The third-order valence-corrected chi connectivity index (χ3v) is 3.29. The zero-order valence-corrected chi connectivity index (χ0v) is 13.2. The first kappa shape index (κ1) is 15.9. The van der Waals surface area contributed by atoms with Crippen molar-refractivity contribution in [2.75, 3.05) is 6.61 Å². The molecule has 0 bridgehead atoms. The molecule has 0 atom stereocenters. The average molecular weight is 327 g/mol. The second kappa shape index (κ2) is 7.50. The van der Waals surface area contributed by atoms with Crippen molar-refractivity contribution in [2.24, 2.45) is 0 Å². The van der Waals surface area contributed by atoms with Gasteiger partial charge in [-0.2, -0.15) is 0 Å². The van der Waals surface area contributed by atoms with Gasteiger partial charge in [-0.15, -0.1) is 0 Å². The van der Waals surface area contributed by atoms with Crippen LogP contribution in [0.3, 0.4) is 0 Å². The van der Waals surface area contributed by atoms with E-state index in [0.29, 0.717) is 23.8 Å². The van der Waals surface area contributed by atoms with Crippen LogP contribution in [0.15, 0.2) is 57.7 Å². The van der Waals surface area contributed by atoms with E-state index in [4.69, 9.17) is 18.4 Å². The first-order chi connectivity index (χ1) is 11.7. The lowest BCUT2D eigenvalue weighted by Gasteiger charge is -2.05. The highest BCUT2D eigenvalue weighted by molar-refractivity contribution is 5.72. The molecule has 0 fully saturated rings. The van der Waals surface area contributed by atoms with Gasteiger partial charge in [-0.25, -0.2) is 0 Å². The molecule has 0 amide bonds. The summed E-state index contributed by atoms with van der Waals surface area (Å²) in [5.74, 6) is 1.52. The number of benzene rings is 1. The van der Waals surface area contributed by atoms with E-state index in [1.54, 1.807) is 24.5 Å². The summed E-state index contributed by atoms with van der Waals surface area (Å²) < 4.78 is 20.9. The summed E-state index contributed by atoms with van der Waals surface area (Å²) in [5, 5.41) is 3.85. The number of aromatic nitrogens is 1. The highest BCUT2D eigenvalue weighted by Crippen LogP contribution is 2.21. The SMILES string of the molecule is CCOc1ccc(CC(=O)OCc2cc(-c3ccco3)on2)cc1. The molecule has 124 valence electrons. The maximum atomic E-state index is 11.9. The fourth-order valence-corrected chi connectivity index (χ4v) is 2.16. The molecule has 2 aromatic heterocycles. The number of rotatable bonds is 7. The fraction of sp³-hybridized carbons (Fsp3) is 0.222. The van der Waals surface area contributed by atoms with Crippen molar-refractivity contribution in [1.29, 1.82) is 0 Å². The number of hydrogen-bond donors (Lipinski definition) is 0. The van der Waals surface area contributed by atoms with Crippen LogP contribution < -0.4 is 4.74 Å². The topological polar surface area (TPSA) is 74.7 Å². The zero-order valence-electron chi connectivity index (χ0n) is 13.2. The van der Waals surface area contributed by atoms with Crippen LogP contribution in [0.4, 0.5) is 0 Å². The summed E-state index contributed by atoms with van der Waals surface area (Å²) in [6.07, 6.45) is 1.74. The van der Waals surface area contributed by atoms with Crippen LogP contribution in [0.5, 0.6) is 5.75 Å². The van der Waals surface area contributed by atoms with Gasteiger partial charge in [0.05, 0.1) is 19.3 Å². The van der Waals surface area contributed by atoms with Gasteiger partial charge in [0.1, 0.15) is 18.1 Å². The van der Waals surface area contributed by atoms with Crippen molar-refractivity contribution in [3.05, 3.63) is 60.0 Å². The number of furan rings is 1. The monoisotopic (exact) mass is 327 g/mol. The Labute approximate surface area is 139 Å². The summed E-state index contributed by atoms with van der Waals surface area (Å²) in [7, 11) is 0. The Morgan fingerprint density at radius 2 is 2.00 bits per heavy atom. The third-order valence-electron chi connectivity index (χ3n) is 3.29. The van der Waals surface area contributed by atoms with E-state index in [-0.39, 0.29) is 19.0 Å². The number of nitrogens with zero attached hydrogens (tertiary/aromatic N) is 1. The van der Waals surface area contributed by atoms with Crippen molar-refractivity contribution in [3.63, 3.8) is 0 Å². The number of carbonyl (C=O) groups is 1. The lowest BCUT2D eigenvalue weighted by Crippen LogP contribution is -2.08. The second-order valence-corrected chi connectivity index (χ2v) is 5.07. The zero-order chi connectivity index (χ0) is 16.8. The smallest absolute Gasteiger partial charge is 0.310 e. The lowest BCUT2D eigenvalue weighted by molar-refractivity contribution is -0.144. The molecule has 24 heavy (non-hydrogen) atoms. The van der Waals surface area contributed by atoms with Gasteiger partial charge < -0.3 is 18.4 Å². The van der Waals surface area contributed by atoms with Crippen LogP contribution in [0.25, 0.3) is 11.5 Å². The summed E-state index contributed by atoms with van der Waals surface area (Å²) >= 11 is 0. The summed E-state index contributed by atoms with van der Waals surface area (Å²) in [6, 6.07) is 12.6. The predicted octanol–water partition coefficient (Wildman–Crippen LogP) is 3.62. The van der Waals surface area contributed by atoms with Crippen LogP contribution in [0.1, 0.15) is 18.2 Å². The molecule has 0 aliphatic heterocycles. The molecule has 0 saturated heterocycles. The molecule has 0 radical (unpaired) electrons. The maximum absolute atomic E-state index is 11.9. The normalized spacial score (nSPS) is 10.5. The van der Waals surface area contributed by atoms with E-state index >= 15 is 0 Å². The van der Waals surface area contributed by atoms with Crippen LogP contribution in [0, 0.1) is 0 Å². The first-order valence-corrected chi connectivity index (χ1v) is 7.61. The van der Waals surface area contributed by atoms with Gasteiger partial charge in [-0.05, 0) is 36.8 Å². The summed E-state index contributed by atoms with van der Waals surface area (Å²) in [4.78, 5) is 11.9. The molecule has 6 heteroatoms. The van der Waals surface area contributed by atoms with Crippen LogP contribution in [-0.4, -0.2) is 17.7 Å². The summed E-state index contributed by atoms with van der Waals surface area (Å²) in [6.45, 7) is 2.59. The number of carbonyl (C=O) groups excluding carboxylic acids is 1. The van der Waals surface area contributed by atoms with Gasteiger partial charge in [-0.3, -0.25) is 4.79 Å². The van der Waals surface area contributed by atoms with E-state index in [9.17, 15) is 4.79 Å². The van der Waals surface area contributed by atoms with Gasteiger partial charge >= 0.3 is 5.97 Å². The molecule has 0 unspecified atom stereocenters. The van der Waals surface area contributed by atoms with Crippen molar-refractivity contribution in [1.82, 2.24) is 5.16 Å². The highest BCUT2D eigenvalue weighted by Gasteiger charge is 2.11. The number of ether oxygens (including phenoxy) is 2. The van der Waals surface area contributed by atoms with Crippen molar-refractivity contribution in [2.45, 2.75) is 20.0 Å². The molecule has 3 aromatic rings. The first-order valence-electron chi connectivity index (χ1n) is 7.61. The second-order valence-electron chi connectivity index (χ2n) is 5.07. The number of esters is 1. The van der Waals surface area contributed by atoms with Gasteiger partial charge in [0.25, 0.3) is 0 Å². The molecule has 3 rings (SSSR count). The maximum Gasteiger partial charge on any atom is 0.310 e. The molecule has 0 N–H and O–H groups in total. The molecule has 1 aromatic carbocycles. The van der Waals surface area contributed by atoms with Crippen molar-refractivity contribution < 1.29 is 23.2 Å². The molecule has 0 aliphatic carbocycles. The molecular formula is C18H17NO5. The Balaban J connectivity index is 1.50. The molecule has 6 nitrogen and oxygen atoms in total. The number of hydrogen-bond acceptors (Lipinski definition) is 6. The summed E-state index contributed by atoms with van der Waals surface area (Å²) in [5.41, 5.74) is 1.39. The standard InChI is InChI=1S/C18H17NO5/c1-2-21-15-7-5-13(6-8-15)10-18(20)23-12-14-11-17(24-19-14)16-4-3-9-22-16/h3-9,11H,2,10,12H2,1H3. The van der Waals surface area contributed by atoms with Crippen LogP contribution in [-0.2, 0) is 22.6 Å². The van der Waals surface area contributed by atoms with Crippen LogP contribution in [0.2, 0.25) is 0 Å². The van der Waals surface area contributed by atoms with Gasteiger partial charge in [0.15, 0.2) is 5.76 Å². The minimum Gasteiger partial charge on any atom is -0.494 e. The minimum absolute atomic E-state index is 0.0556. The van der Waals surface area contributed by atoms with E-state index in [0.717, 1.165) is 11.3 Å². The van der Waals surface area contributed by atoms with Crippen LogP contribution >= 0.6 is 0 Å². The highest BCUT2D eigenvalue weighted by atomic mass is 16.5. The Morgan fingerprint density at radius 1 is 1.17 bits per heavy atom. The van der Waals surface area contributed by atoms with Crippen molar-refractivity contribution >= 4 is 5.97 Å². The Hall–Kier alpha value is -3.02. The molecule has 0 saturated carbocycles. The van der Waals surface area contributed by atoms with Gasteiger partial charge in [-0.1, -0.05) is 17.3 Å². The Morgan fingerprint density at radius 3 is 2.71 bits per heavy atom.